The van der Waals surface area contributed by atoms with Crippen molar-refractivity contribution in [2.24, 2.45) is 0 Å². The van der Waals surface area contributed by atoms with E-state index in [-0.39, 0.29) is 31.0 Å². The molecule has 0 aromatic heterocycles. The van der Waals surface area contributed by atoms with Crippen molar-refractivity contribution in [3.63, 3.8) is 0 Å². The number of aliphatic hydroxyl groups is 1. The molecule has 0 unspecified atom stereocenters. The molecule has 2 amide bonds. The van der Waals surface area contributed by atoms with Gasteiger partial charge in [0, 0.05) is 19.5 Å². The lowest BCUT2D eigenvalue weighted by atomic mass is 10.1. The number of hydrogen-bond donors (Lipinski definition) is 3. The molecule has 0 rings (SSSR count). The number of carbonyl (C=O) groups excluding carboxylic acids is 2. The fourth-order valence-corrected chi connectivity index (χ4v) is 1.71. The lowest BCUT2D eigenvalue weighted by molar-refractivity contribution is -0.129. The monoisotopic (exact) mass is 245 g/mol. The summed E-state index contributed by atoms with van der Waals surface area (Å²) < 4.78 is 0. The SMILES string of the molecule is CCC(CC)N(CCO)CC(=O)NNC(C)=O. The summed E-state index contributed by atoms with van der Waals surface area (Å²) in [7, 11) is 0. The Morgan fingerprint density at radius 2 is 1.82 bits per heavy atom. The first-order valence-electron chi connectivity index (χ1n) is 5.95. The second-order valence-corrected chi connectivity index (χ2v) is 3.89. The van der Waals surface area contributed by atoms with Crippen LogP contribution in [0.4, 0.5) is 0 Å². The van der Waals surface area contributed by atoms with Crippen molar-refractivity contribution in [3.05, 3.63) is 0 Å². The Hall–Kier alpha value is -1.14. The number of hydrogen-bond acceptors (Lipinski definition) is 4. The quantitative estimate of drug-likeness (QED) is 0.535. The first-order valence-corrected chi connectivity index (χ1v) is 5.95. The third kappa shape index (κ3) is 6.91. The molecule has 0 radical (unpaired) electrons. The average molecular weight is 245 g/mol. The van der Waals surface area contributed by atoms with E-state index >= 15 is 0 Å². The van der Waals surface area contributed by atoms with E-state index in [9.17, 15) is 9.59 Å². The first-order chi connectivity index (χ1) is 8.04. The van der Waals surface area contributed by atoms with Crippen LogP contribution in [0.2, 0.25) is 0 Å². The van der Waals surface area contributed by atoms with Gasteiger partial charge in [-0.1, -0.05) is 13.8 Å². The van der Waals surface area contributed by atoms with Gasteiger partial charge in [0.1, 0.15) is 0 Å². The second kappa shape index (κ2) is 8.95. The largest absolute Gasteiger partial charge is 0.395 e. The number of aliphatic hydroxyl groups excluding tert-OH is 1. The molecule has 100 valence electrons. The van der Waals surface area contributed by atoms with Crippen molar-refractivity contribution in [2.75, 3.05) is 19.7 Å². The van der Waals surface area contributed by atoms with Crippen molar-refractivity contribution in [3.8, 4) is 0 Å². The van der Waals surface area contributed by atoms with E-state index in [4.69, 9.17) is 5.11 Å². The third-order valence-corrected chi connectivity index (χ3v) is 2.57. The molecule has 17 heavy (non-hydrogen) atoms. The van der Waals surface area contributed by atoms with Gasteiger partial charge in [0.15, 0.2) is 0 Å². The molecule has 3 N–H and O–H groups in total. The molecule has 0 spiro atoms. The van der Waals surface area contributed by atoms with E-state index in [1.807, 2.05) is 18.7 Å². The Bertz CT molecular complexity index is 242. The van der Waals surface area contributed by atoms with Gasteiger partial charge >= 0.3 is 0 Å². The van der Waals surface area contributed by atoms with Gasteiger partial charge in [0.2, 0.25) is 5.91 Å². The molecule has 0 atom stereocenters. The molecule has 0 saturated carbocycles. The molecule has 0 aliphatic carbocycles. The van der Waals surface area contributed by atoms with Crippen LogP contribution in [-0.4, -0.2) is 47.6 Å². The number of nitrogens with one attached hydrogen (secondary N) is 2. The summed E-state index contributed by atoms with van der Waals surface area (Å²) in [4.78, 5) is 24.1. The summed E-state index contributed by atoms with van der Waals surface area (Å²) in [5, 5.41) is 8.96. The van der Waals surface area contributed by atoms with Crippen molar-refractivity contribution < 1.29 is 14.7 Å². The van der Waals surface area contributed by atoms with Crippen LogP contribution in [0.3, 0.4) is 0 Å². The van der Waals surface area contributed by atoms with E-state index in [0.29, 0.717) is 6.54 Å². The summed E-state index contributed by atoms with van der Waals surface area (Å²) in [6, 6.07) is 0.269. The molecule has 6 nitrogen and oxygen atoms in total. The highest BCUT2D eigenvalue weighted by Gasteiger charge is 2.17. The summed E-state index contributed by atoms with van der Waals surface area (Å²) in [6.45, 7) is 6.07. The van der Waals surface area contributed by atoms with E-state index in [2.05, 4.69) is 10.9 Å². The van der Waals surface area contributed by atoms with Gasteiger partial charge in [0.25, 0.3) is 5.91 Å². The van der Waals surface area contributed by atoms with E-state index < -0.39 is 0 Å². The van der Waals surface area contributed by atoms with Gasteiger partial charge in [0.05, 0.1) is 13.2 Å². The molecular weight excluding hydrogens is 222 g/mol. The topological polar surface area (TPSA) is 81.7 Å². The molecular formula is C11H23N3O3. The predicted octanol–water partition coefficient (Wildman–Crippen LogP) is -0.363. The maximum Gasteiger partial charge on any atom is 0.252 e. The number of amides is 2. The smallest absolute Gasteiger partial charge is 0.252 e. The van der Waals surface area contributed by atoms with Crippen molar-refractivity contribution in [2.45, 2.75) is 39.7 Å². The fourth-order valence-electron chi connectivity index (χ4n) is 1.71. The number of nitrogens with zero attached hydrogens (tertiary/aromatic N) is 1. The fraction of sp³-hybridized carbons (Fsp3) is 0.818. The number of hydrazine groups is 1. The maximum atomic E-state index is 11.5. The zero-order valence-electron chi connectivity index (χ0n) is 10.8. The van der Waals surface area contributed by atoms with Crippen LogP contribution in [0.15, 0.2) is 0 Å². The zero-order valence-corrected chi connectivity index (χ0v) is 10.8. The maximum absolute atomic E-state index is 11.5. The van der Waals surface area contributed by atoms with Crippen molar-refractivity contribution in [1.29, 1.82) is 0 Å². The van der Waals surface area contributed by atoms with Crippen molar-refractivity contribution in [1.82, 2.24) is 15.8 Å². The minimum atomic E-state index is -0.311. The Balaban J connectivity index is 4.22. The van der Waals surface area contributed by atoms with Crippen LogP contribution in [0.1, 0.15) is 33.6 Å². The summed E-state index contributed by atoms with van der Waals surface area (Å²) in [5.74, 6) is -0.588. The number of carbonyl (C=O) groups is 2. The average Bonchev–Trinajstić information content (AvgIpc) is 2.28. The van der Waals surface area contributed by atoms with E-state index in [0.717, 1.165) is 12.8 Å². The van der Waals surface area contributed by atoms with Gasteiger partial charge in [-0.3, -0.25) is 25.3 Å². The van der Waals surface area contributed by atoms with Crippen LogP contribution in [0.25, 0.3) is 0 Å². The Kier molecular flexibility index (Phi) is 8.35. The normalized spacial score (nSPS) is 10.7. The minimum absolute atomic E-state index is 0.0178. The molecule has 0 bridgehead atoms. The van der Waals surface area contributed by atoms with E-state index in [1.165, 1.54) is 6.92 Å². The van der Waals surface area contributed by atoms with Gasteiger partial charge in [-0.15, -0.1) is 0 Å². The van der Waals surface area contributed by atoms with Crippen LogP contribution in [0.5, 0.6) is 0 Å². The second-order valence-electron chi connectivity index (χ2n) is 3.89. The highest BCUT2D eigenvalue weighted by atomic mass is 16.3. The van der Waals surface area contributed by atoms with Crippen LogP contribution < -0.4 is 10.9 Å². The lowest BCUT2D eigenvalue weighted by Crippen LogP contribution is -2.48. The molecule has 0 saturated heterocycles. The number of rotatable bonds is 7. The van der Waals surface area contributed by atoms with Crippen molar-refractivity contribution >= 4 is 11.8 Å². The molecule has 0 fully saturated rings. The Labute approximate surface area is 102 Å². The highest BCUT2D eigenvalue weighted by Crippen LogP contribution is 2.07. The van der Waals surface area contributed by atoms with Crippen LogP contribution in [0, 0.1) is 0 Å². The Morgan fingerprint density at radius 1 is 1.24 bits per heavy atom. The van der Waals surface area contributed by atoms with Gasteiger partial charge in [-0.25, -0.2) is 0 Å². The minimum Gasteiger partial charge on any atom is -0.395 e. The highest BCUT2D eigenvalue weighted by molar-refractivity contribution is 5.81. The zero-order chi connectivity index (χ0) is 13.3. The summed E-state index contributed by atoms with van der Waals surface area (Å²) >= 11 is 0. The van der Waals surface area contributed by atoms with E-state index in [1.54, 1.807) is 0 Å². The predicted molar refractivity (Wildman–Crippen MR) is 65.0 cm³/mol. The molecule has 0 aromatic carbocycles. The molecule has 0 aliphatic heterocycles. The summed E-state index contributed by atoms with van der Waals surface area (Å²) in [5.41, 5.74) is 4.55. The molecule has 0 aliphatic rings. The molecule has 6 heteroatoms. The molecule has 0 aromatic rings. The van der Waals surface area contributed by atoms with Gasteiger partial charge in [-0.2, -0.15) is 0 Å². The molecule has 0 heterocycles. The third-order valence-electron chi connectivity index (χ3n) is 2.57. The van der Waals surface area contributed by atoms with Gasteiger partial charge < -0.3 is 5.11 Å². The standard InChI is InChI=1S/C11H23N3O3/c1-4-10(5-2)14(6-7-15)8-11(17)13-12-9(3)16/h10,15H,4-8H2,1-3H3,(H,12,16)(H,13,17). The van der Waals surface area contributed by atoms with Crippen LogP contribution in [-0.2, 0) is 9.59 Å². The Morgan fingerprint density at radius 3 is 2.24 bits per heavy atom. The summed E-state index contributed by atoms with van der Waals surface area (Å²) in [6.07, 6.45) is 1.84. The lowest BCUT2D eigenvalue weighted by Gasteiger charge is -2.28. The van der Waals surface area contributed by atoms with Gasteiger partial charge in [-0.05, 0) is 12.8 Å². The first kappa shape index (κ1) is 15.9. The van der Waals surface area contributed by atoms with Crippen LogP contribution >= 0.6 is 0 Å².